The van der Waals surface area contributed by atoms with E-state index >= 15 is 0 Å². The summed E-state index contributed by atoms with van der Waals surface area (Å²) in [6.45, 7) is 3.30. The van der Waals surface area contributed by atoms with E-state index in [9.17, 15) is 9.59 Å². The SMILES string of the molecule is Cc1oc2nc[nH]c(=O)c2c1C(=O)N1C[C@@H](CN)[C@H](c2ccccc2)C1. The van der Waals surface area contributed by atoms with E-state index in [1.54, 1.807) is 11.8 Å². The standard InChI is InChI=1S/C19H20N4O3/c1-11-15(16-17(24)21-10-22-18(16)26-11)19(25)23-8-13(7-20)14(9-23)12-5-3-2-4-6-12/h2-6,10,13-14H,7-9,20H2,1H3,(H,21,22,24)/t13-,14+/m1/s1. The molecule has 1 aliphatic rings. The number of aromatic nitrogens is 2. The molecule has 4 rings (SSSR count). The van der Waals surface area contributed by atoms with Gasteiger partial charge in [-0.05, 0) is 24.9 Å². The molecule has 1 amide bonds. The number of carbonyl (C=O) groups excluding carboxylic acids is 1. The van der Waals surface area contributed by atoms with Gasteiger partial charge in [0.05, 0.1) is 11.9 Å². The number of H-pyrrole nitrogens is 1. The van der Waals surface area contributed by atoms with Crippen LogP contribution in [-0.4, -0.2) is 40.4 Å². The van der Waals surface area contributed by atoms with Gasteiger partial charge in [-0.25, -0.2) is 4.98 Å². The fourth-order valence-corrected chi connectivity index (χ4v) is 3.82. The fraction of sp³-hybridized carbons (Fsp3) is 0.316. The summed E-state index contributed by atoms with van der Waals surface area (Å²) in [5, 5.41) is 0.211. The lowest BCUT2D eigenvalue weighted by atomic mass is 9.89. The smallest absolute Gasteiger partial charge is 0.262 e. The number of hydrogen-bond acceptors (Lipinski definition) is 5. The van der Waals surface area contributed by atoms with Crippen LogP contribution in [-0.2, 0) is 0 Å². The molecule has 7 heteroatoms. The van der Waals surface area contributed by atoms with Crippen LogP contribution in [0.5, 0.6) is 0 Å². The summed E-state index contributed by atoms with van der Waals surface area (Å²) in [5.41, 5.74) is 7.24. The summed E-state index contributed by atoms with van der Waals surface area (Å²) < 4.78 is 5.52. The van der Waals surface area contributed by atoms with Crippen LogP contribution in [0, 0.1) is 12.8 Å². The zero-order valence-corrected chi connectivity index (χ0v) is 14.4. The molecule has 1 fully saturated rings. The average Bonchev–Trinajstić information content (AvgIpc) is 3.23. The van der Waals surface area contributed by atoms with Crippen LogP contribution in [0.25, 0.3) is 11.1 Å². The molecule has 1 saturated heterocycles. The molecule has 0 aliphatic carbocycles. The van der Waals surface area contributed by atoms with Gasteiger partial charge in [0.25, 0.3) is 11.5 Å². The molecular weight excluding hydrogens is 332 g/mol. The molecule has 0 radical (unpaired) electrons. The number of nitrogens with two attached hydrogens (primary N) is 1. The lowest BCUT2D eigenvalue weighted by Gasteiger charge is -2.16. The van der Waals surface area contributed by atoms with E-state index in [2.05, 4.69) is 22.1 Å². The number of nitrogens with one attached hydrogen (secondary N) is 1. The molecule has 2 aromatic heterocycles. The molecule has 3 heterocycles. The van der Waals surface area contributed by atoms with Crippen LogP contribution in [0.2, 0.25) is 0 Å². The third-order valence-corrected chi connectivity index (χ3v) is 5.14. The van der Waals surface area contributed by atoms with Crippen molar-refractivity contribution in [2.45, 2.75) is 12.8 Å². The highest BCUT2D eigenvalue weighted by molar-refractivity contribution is 6.06. The molecule has 3 N–H and O–H groups in total. The van der Waals surface area contributed by atoms with Crippen molar-refractivity contribution in [3.8, 4) is 0 Å². The number of likely N-dealkylation sites (tertiary alicyclic amines) is 1. The Morgan fingerprint density at radius 2 is 2.12 bits per heavy atom. The molecule has 0 spiro atoms. The predicted octanol–water partition coefficient (Wildman–Crippen LogP) is 1.64. The highest BCUT2D eigenvalue weighted by Gasteiger charge is 2.37. The second-order valence-corrected chi connectivity index (χ2v) is 6.67. The van der Waals surface area contributed by atoms with Gasteiger partial charge in [-0.15, -0.1) is 0 Å². The van der Waals surface area contributed by atoms with Crippen molar-refractivity contribution in [3.05, 3.63) is 63.9 Å². The highest BCUT2D eigenvalue weighted by Crippen LogP contribution is 2.34. The third-order valence-electron chi connectivity index (χ3n) is 5.14. The number of nitrogens with zero attached hydrogens (tertiary/aromatic N) is 2. The average molecular weight is 352 g/mol. The lowest BCUT2D eigenvalue weighted by Crippen LogP contribution is -2.30. The molecule has 134 valence electrons. The molecule has 0 unspecified atom stereocenters. The van der Waals surface area contributed by atoms with Gasteiger partial charge in [-0.3, -0.25) is 9.59 Å². The second kappa shape index (κ2) is 6.42. The molecule has 0 bridgehead atoms. The molecule has 3 aromatic rings. The van der Waals surface area contributed by atoms with Crippen molar-refractivity contribution in [3.63, 3.8) is 0 Å². The van der Waals surface area contributed by atoms with Crippen molar-refractivity contribution in [1.82, 2.24) is 14.9 Å². The van der Waals surface area contributed by atoms with Crippen molar-refractivity contribution in [2.75, 3.05) is 19.6 Å². The van der Waals surface area contributed by atoms with E-state index in [4.69, 9.17) is 10.2 Å². The van der Waals surface area contributed by atoms with Crippen LogP contribution in [0.15, 0.2) is 45.9 Å². The Kier molecular flexibility index (Phi) is 4.08. The summed E-state index contributed by atoms with van der Waals surface area (Å²) in [6.07, 6.45) is 1.27. The molecule has 0 saturated carbocycles. The fourth-order valence-electron chi connectivity index (χ4n) is 3.82. The Labute approximate surface area is 149 Å². The van der Waals surface area contributed by atoms with E-state index < -0.39 is 0 Å². The maximum atomic E-state index is 13.2. The summed E-state index contributed by atoms with van der Waals surface area (Å²) in [4.78, 5) is 33.7. The Hall–Kier alpha value is -2.93. The first-order chi connectivity index (χ1) is 12.6. The minimum Gasteiger partial charge on any atom is -0.442 e. The highest BCUT2D eigenvalue weighted by atomic mass is 16.3. The minimum absolute atomic E-state index is 0.177. The molecule has 26 heavy (non-hydrogen) atoms. The summed E-state index contributed by atoms with van der Waals surface area (Å²) in [7, 11) is 0. The number of rotatable bonds is 3. The Morgan fingerprint density at radius 1 is 1.35 bits per heavy atom. The van der Waals surface area contributed by atoms with Gasteiger partial charge in [0.2, 0.25) is 5.71 Å². The van der Waals surface area contributed by atoms with Crippen molar-refractivity contribution in [2.24, 2.45) is 11.7 Å². The minimum atomic E-state index is -0.371. The van der Waals surface area contributed by atoms with E-state index in [1.807, 2.05) is 18.2 Å². The third kappa shape index (κ3) is 2.61. The summed E-state index contributed by atoms with van der Waals surface area (Å²) in [6, 6.07) is 10.1. The summed E-state index contributed by atoms with van der Waals surface area (Å²) in [5.74, 6) is 0.551. The number of amides is 1. The Morgan fingerprint density at radius 3 is 2.85 bits per heavy atom. The Bertz CT molecular complexity index is 1010. The second-order valence-electron chi connectivity index (χ2n) is 6.67. The van der Waals surface area contributed by atoms with Crippen molar-refractivity contribution < 1.29 is 9.21 Å². The number of fused-ring (bicyclic) bond motifs is 1. The van der Waals surface area contributed by atoms with Gasteiger partial charge in [0.15, 0.2) is 0 Å². The molecule has 7 nitrogen and oxygen atoms in total. The van der Waals surface area contributed by atoms with Gasteiger partial charge in [-0.1, -0.05) is 30.3 Å². The van der Waals surface area contributed by atoms with Crippen molar-refractivity contribution in [1.29, 1.82) is 0 Å². The first-order valence-corrected chi connectivity index (χ1v) is 8.61. The van der Waals surface area contributed by atoms with Gasteiger partial charge in [0.1, 0.15) is 11.1 Å². The topological polar surface area (TPSA) is 105 Å². The quantitative estimate of drug-likeness (QED) is 0.745. The Balaban J connectivity index is 1.70. The van der Waals surface area contributed by atoms with Gasteiger partial charge < -0.3 is 20.0 Å². The van der Waals surface area contributed by atoms with Crippen LogP contribution in [0.3, 0.4) is 0 Å². The molecule has 1 aromatic carbocycles. The molecule has 1 aliphatic heterocycles. The van der Waals surface area contributed by atoms with Crippen LogP contribution < -0.4 is 11.3 Å². The zero-order chi connectivity index (χ0) is 18.3. The number of benzene rings is 1. The number of aromatic amines is 1. The number of hydrogen-bond donors (Lipinski definition) is 2. The largest absolute Gasteiger partial charge is 0.442 e. The predicted molar refractivity (Wildman–Crippen MR) is 97.0 cm³/mol. The summed E-state index contributed by atoms with van der Waals surface area (Å²) >= 11 is 0. The first-order valence-electron chi connectivity index (χ1n) is 8.61. The molecular formula is C19H20N4O3. The van der Waals surface area contributed by atoms with Gasteiger partial charge in [-0.2, -0.15) is 0 Å². The van der Waals surface area contributed by atoms with E-state index in [-0.39, 0.29) is 34.4 Å². The van der Waals surface area contributed by atoms with E-state index in [0.717, 1.165) is 0 Å². The number of aryl methyl sites for hydroxylation is 1. The zero-order valence-electron chi connectivity index (χ0n) is 14.4. The van der Waals surface area contributed by atoms with E-state index in [1.165, 1.54) is 11.9 Å². The number of furan rings is 1. The van der Waals surface area contributed by atoms with Crippen LogP contribution >= 0.6 is 0 Å². The van der Waals surface area contributed by atoms with Gasteiger partial charge >= 0.3 is 0 Å². The maximum Gasteiger partial charge on any atom is 0.262 e. The normalized spacial score (nSPS) is 20.0. The maximum absolute atomic E-state index is 13.2. The van der Waals surface area contributed by atoms with Crippen molar-refractivity contribution >= 4 is 17.0 Å². The first kappa shape index (κ1) is 16.5. The van der Waals surface area contributed by atoms with Crippen LogP contribution in [0.1, 0.15) is 27.6 Å². The lowest BCUT2D eigenvalue weighted by molar-refractivity contribution is 0.0786. The van der Waals surface area contributed by atoms with Gasteiger partial charge in [0, 0.05) is 19.0 Å². The van der Waals surface area contributed by atoms with E-state index in [0.29, 0.717) is 31.0 Å². The number of carbonyl (C=O) groups is 1. The molecule has 2 atom stereocenters. The van der Waals surface area contributed by atoms with Crippen LogP contribution in [0.4, 0.5) is 0 Å². The monoisotopic (exact) mass is 352 g/mol.